The van der Waals surface area contributed by atoms with Crippen LogP contribution < -0.4 is 20.1 Å². The molecule has 2 N–H and O–H groups in total. The van der Waals surface area contributed by atoms with Gasteiger partial charge in [-0.3, -0.25) is 9.59 Å². The highest BCUT2D eigenvalue weighted by Gasteiger charge is 2.21. The Labute approximate surface area is 210 Å². The maximum atomic E-state index is 13.3. The van der Waals surface area contributed by atoms with Crippen LogP contribution in [0.5, 0.6) is 11.5 Å². The van der Waals surface area contributed by atoms with Crippen LogP contribution in [0.3, 0.4) is 0 Å². The molecule has 1 fully saturated rings. The number of ether oxygens (including phenoxy) is 2. The number of carbonyl (C=O) groups is 2. The average Bonchev–Trinajstić information content (AvgIpc) is 3.33. The maximum Gasteiger partial charge on any atom is 0.252 e. The fourth-order valence-corrected chi connectivity index (χ4v) is 4.87. The highest BCUT2D eigenvalue weighted by molar-refractivity contribution is 6.06. The van der Waals surface area contributed by atoms with Crippen LogP contribution in [-0.4, -0.2) is 52.4 Å². The van der Waals surface area contributed by atoms with Gasteiger partial charge in [-0.25, -0.2) is 9.67 Å². The number of pyridine rings is 1. The molecule has 0 atom stereocenters. The molecule has 9 heteroatoms. The van der Waals surface area contributed by atoms with Crippen molar-refractivity contribution < 1.29 is 19.1 Å². The summed E-state index contributed by atoms with van der Waals surface area (Å²) in [5, 5.41) is 11.2. The Hall–Kier alpha value is -3.62. The molecular weight excluding hydrogens is 458 g/mol. The van der Waals surface area contributed by atoms with E-state index in [2.05, 4.69) is 15.7 Å². The topological polar surface area (TPSA) is 107 Å². The normalized spacial score (nSPS) is 15.8. The van der Waals surface area contributed by atoms with E-state index in [0.29, 0.717) is 47.0 Å². The molecule has 1 aliphatic heterocycles. The van der Waals surface area contributed by atoms with Gasteiger partial charge in [0.15, 0.2) is 17.1 Å². The Morgan fingerprint density at radius 1 is 1.08 bits per heavy atom. The number of carbonyl (C=O) groups excluding carboxylic acids is 2. The van der Waals surface area contributed by atoms with Gasteiger partial charge in [0.1, 0.15) is 13.2 Å². The smallest absolute Gasteiger partial charge is 0.252 e. The Balaban J connectivity index is 1.37. The fourth-order valence-electron chi connectivity index (χ4n) is 4.87. The molecule has 9 nitrogen and oxygen atoms in total. The maximum absolute atomic E-state index is 13.3. The Kier molecular flexibility index (Phi) is 7.06. The largest absolute Gasteiger partial charge is 0.486 e. The number of hydrogen-bond acceptors (Lipinski definition) is 6. The highest BCUT2D eigenvalue weighted by atomic mass is 16.6. The number of nitrogens with zero attached hydrogens (tertiary/aromatic N) is 3. The van der Waals surface area contributed by atoms with Crippen molar-refractivity contribution in [3.05, 3.63) is 36.0 Å². The molecular formula is C27H33N5O4. The number of aromatic nitrogens is 3. The van der Waals surface area contributed by atoms with Gasteiger partial charge in [0.25, 0.3) is 5.91 Å². The summed E-state index contributed by atoms with van der Waals surface area (Å²) in [5.41, 5.74) is 2.57. The van der Waals surface area contributed by atoms with Gasteiger partial charge in [0.2, 0.25) is 5.91 Å². The summed E-state index contributed by atoms with van der Waals surface area (Å²) in [5.74, 6) is 1.08. The van der Waals surface area contributed by atoms with Gasteiger partial charge in [-0.15, -0.1) is 0 Å². The lowest BCUT2D eigenvalue weighted by Crippen LogP contribution is -2.38. The molecule has 0 unspecified atom stereocenters. The minimum absolute atomic E-state index is 0.0216. The molecule has 0 saturated heterocycles. The van der Waals surface area contributed by atoms with Gasteiger partial charge < -0.3 is 20.1 Å². The van der Waals surface area contributed by atoms with Crippen molar-refractivity contribution in [3.63, 3.8) is 0 Å². The molecule has 36 heavy (non-hydrogen) atoms. The predicted molar refractivity (Wildman–Crippen MR) is 136 cm³/mol. The van der Waals surface area contributed by atoms with E-state index in [-0.39, 0.29) is 36.9 Å². The summed E-state index contributed by atoms with van der Waals surface area (Å²) >= 11 is 0. The summed E-state index contributed by atoms with van der Waals surface area (Å²) in [7, 11) is 0. The minimum atomic E-state index is -0.255. The first kappa shape index (κ1) is 24.1. The minimum Gasteiger partial charge on any atom is -0.486 e. The third-order valence-corrected chi connectivity index (χ3v) is 6.75. The van der Waals surface area contributed by atoms with E-state index in [9.17, 15) is 9.59 Å². The zero-order chi connectivity index (χ0) is 25.1. The number of benzene rings is 1. The molecule has 0 spiro atoms. The zero-order valence-corrected chi connectivity index (χ0v) is 20.9. The summed E-state index contributed by atoms with van der Waals surface area (Å²) in [6.45, 7) is 5.32. The molecule has 3 heterocycles. The number of hydrogen-bond donors (Lipinski definition) is 2. The Morgan fingerprint density at radius 3 is 2.64 bits per heavy atom. The lowest BCUT2D eigenvalue weighted by Gasteiger charge is -2.22. The van der Waals surface area contributed by atoms with Crippen molar-refractivity contribution >= 4 is 22.8 Å². The van der Waals surface area contributed by atoms with E-state index in [4.69, 9.17) is 14.5 Å². The van der Waals surface area contributed by atoms with Crippen LogP contribution in [0.4, 0.5) is 0 Å². The third-order valence-electron chi connectivity index (χ3n) is 6.75. The first-order valence-electron chi connectivity index (χ1n) is 12.9. The standard InChI is InChI=1S/C27H33N5O4/c1-17(2)32-26-21(16-29-32)20(27(34)28-11-10-25(33)30-19-6-4-3-5-7-19)15-22(31-26)18-8-9-23-24(14-18)36-13-12-35-23/h8-9,14-17,19H,3-7,10-13H2,1-2H3,(H,28,34)(H,30,33). The number of nitrogens with one attached hydrogen (secondary N) is 2. The van der Waals surface area contributed by atoms with Crippen molar-refractivity contribution in [2.45, 2.75) is 64.5 Å². The second kappa shape index (κ2) is 10.6. The molecule has 1 saturated carbocycles. The quantitative estimate of drug-likeness (QED) is 0.517. The lowest BCUT2D eigenvalue weighted by atomic mass is 9.95. The van der Waals surface area contributed by atoms with Crippen LogP contribution in [0.15, 0.2) is 30.5 Å². The van der Waals surface area contributed by atoms with Gasteiger partial charge >= 0.3 is 0 Å². The molecule has 3 aromatic rings. The van der Waals surface area contributed by atoms with Crippen LogP contribution in [0, 0.1) is 0 Å². The number of amides is 2. The van der Waals surface area contributed by atoms with Gasteiger partial charge in [0, 0.05) is 30.6 Å². The second-order valence-electron chi connectivity index (χ2n) is 9.74. The Bertz CT molecular complexity index is 1260. The average molecular weight is 492 g/mol. The predicted octanol–water partition coefficient (Wildman–Crippen LogP) is 4.02. The molecule has 2 aliphatic rings. The van der Waals surface area contributed by atoms with E-state index in [0.717, 1.165) is 31.2 Å². The van der Waals surface area contributed by atoms with E-state index >= 15 is 0 Å². The van der Waals surface area contributed by atoms with E-state index in [1.807, 2.05) is 36.7 Å². The SMILES string of the molecule is CC(C)n1ncc2c(C(=O)NCCC(=O)NC3CCCCC3)cc(-c3ccc4c(c3)OCCO4)nc21. The first-order chi connectivity index (χ1) is 17.5. The van der Waals surface area contributed by atoms with Crippen LogP contribution >= 0.6 is 0 Å². The van der Waals surface area contributed by atoms with Gasteiger partial charge in [-0.1, -0.05) is 19.3 Å². The first-order valence-corrected chi connectivity index (χ1v) is 12.9. The molecule has 0 bridgehead atoms. The van der Waals surface area contributed by atoms with E-state index in [1.54, 1.807) is 12.3 Å². The van der Waals surface area contributed by atoms with Crippen molar-refractivity contribution in [2.75, 3.05) is 19.8 Å². The van der Waals surface area contributed by atoms with Crippen molar-refractivity contribution in [3.8, 4) is 22.8 Å². The van der Waals surface area contributed by atoms with Gasteiger partial charge in [-0.2, -0.15) is 5.10 Å². The molecule has 0 radical (unpaired) electrons. The fraction of sp³-hybridized carbons (Fsp3) is 0.481. The van der Waals surface area contributed by atoms with Crippen molar-refractivity contribution in [1.82, 2.24) is 25.4 Å². The molecule has 1 aromatic carbocycles. The highest BCUT2D eigenvalue weighted by Crippen LogP contribution is 2.35. The van der Waals surface area contributed by atoms with Crippen LogP contribution in [0.1, 0.15) is 68.8 Å². The van der Waals surface area contributed by atoms with E-state index in [1.165, 1.54) is 6.42 Å². The van der Waals surface area contributed by atoms with E-state index < -0.39 is 0 Å². The van der Waals surface area contributed by atoms with Crippen molar-refractivity contribution in [1.29, 1.82) is 0 Å². The van der Waals surface area contributed by atoms with Crippen LogP contribution in [0.25, 0.3) is 22.3 Å². The summed E-state index contributed by atoms with van der Waals surface area (Å²) in [6, 6.07) is 7.77. The monoisotopic (exact) mass is 491 g/mol. The molecule has 2 aromatic heterocycles. The third kappa shape index (κ3) is 5.15. The molecule has 1 aliphatic carbocycles. The summed E-state index contributed by atoms with van der Waals surface area (Å²) in [6.07, 6.45) is 7.57. The summed E-state index contributed by atoms with van der Waals surface area (Å²) < 4.78 is 13.2. The lowest BCUT2D eigenvalue weighted by molar-refractivity contribution is -0.121. The number of fused-ring (bicyclic) bond motifs is 2. The van der Waals surface area contributed by atoms with Crippen LogP contribution in [-0.2, 0) is 4.79 Å². The van der Waals surface area contributed by atoms with Crippen molar-refractivity contribution in [2.24, 2.45) is 0 Å². The van der Waals surface area contributed by atoms with Gasteiger partial charge in [-0.05, 0) is 51.0 Å². The Morgan fingerprint density at radius 2 is 1.86 bits per heavy atom. The zero-order valence-electron chi connectivity index (χ0n) is 20.9. The molecule has 2 amide bonds. The molecule has 5 rings (SSSR count). The summed E-state index contributed by atoms with van der Waals surface area (Å²) in [4.78, 5) is 30.5. The van der Waals surface area contributed by atoms with Gasteiger partial charge in [0.05, 0.1) is 22.8 Å². The second-order valence-corrected chi connectivity index (χ2v) is 9.74. The van der Waals surface area contributed by atoms with Crippen LogP contribution in [0.2, 0.25) is 0 Å². The molecule has 190 valence electrons. The number of rotatable bonds is 7.